The van der Waals surface area contributed by atoms with Crippen molar-refractivity contribution >= 4 is 11.8 Å². The molecule has 1 saturated heterocycles. The highest BCUT2D eigenvalue weighted by Gasteiger charge is 2.42. The fourth-order valence-corrected chi connectivity index (χ4v) is 3.76. The van der Waals surface area contributed by atoms with Gasteiger partial charge in [-0.05, 0) is 50.7 Å². The van der Waals surface area contributed by atoms with Crippen LogP contribution < -0.4 is 5.32 Å². The van der Waals surface area contributed by atoms with E-state index >= 15 is 0 Å². The van der Waals surface area contributed by atoms with Gasteiger partial charge in [-0.25, -0.2) is 0 Å². The molecule has 0 saturated carbocycles. The van der Waals surface area contributed by atoms with Crippen LogP contribution in [-0.2, 0) is 0 Å². The average molecular weight is 287 g/mol. The first-order valence-corrected chi connectivity index (χ1v) is 9.29. The molecular formula is C16H34N2S. The Morgan fingerprint density at radius 1 is 1.11 bits per heavy atom. The molecule has 0 aromatic heterocycles. The maximum absolute atomic E-state index is 3.82. The molecule has 0 amide bonds. The monoisotopic (exact) mass is 286 g/mol. The Kier molecular flexibility index (Phi) is 7.20. The molecule has 1 atom stereocenters. The second-order valence-electron chi connectivity index (χ2n) is 6.17. The lowest BCUT2D eigenvalue weighted by molar-refractivity contribution is 0.00277. The number of nitrogens with zero attached hydrogens (tertiary/aromatic N) is 1. The molecule has 114 valence electrons. The van der Waals surface area contributed by atoms with E-state index in [1.807, 2.05) is 0 Å². The van der Waals surface area contributed by atoms with Crippen molar-refractivity contribution in [3.8, 4) is 0 Å². The van der Waals surface area contributed by atoms with E-state index in [9.17, 15) is 0 Å². The first-order chi connectivity index (χ1) is 9.05. The molecule has 1 heterocycles. The first kappa shape index (κ1) is 17.3. The Labute approximate surface area is 125 Å². The van der Waals surface area contributed by atoms with Crippen molar-refractivity contribution in [2.45, 2.75) is 71.4 Å². The lowest BCUT2D eigenvalue weighted by Gasteiger charge is -2.53. The Balaban J connectivity index is 2.65. The topological polar surface area (TPSA) is 15.3 Å². The van der Waals surface area contributed by atoms with Gasteiger partial charge < -0.3 is 5.32 Å². The van der Waals surface area contributed by atoms with Crippen LogP contribution in [0.15, 0.2) is 0 Å². The number of thioether (sulfide) groups is 1. The van der Waals surface area contributed by atoms with Crippen molar-refractivity contribution in [3.05, 3.63) is 0 Å². The molecule has 1 aliphatic rings. The first-order valence-electron chi connectivity index (χ1n) is 8.13. The molecule has 0 radical (unpaired) electrons. The van der Waals surface area contributed by atoms with Gasteiger partial charge in [0.25, 0.3) is 0 Å². The van der Waals surface area contributed by atoms with Gasteiger partial charge in [0.15, 0.2) is 0 Å². The molecule has 0 spiro atoms. The summed E-state index contributed by atoms with van der Waals surface area (Å²) in [5, 5.41) is 3.82. The zero-order valence-electron chi connectivity index (χ0n) is 13.7. The molecule has 0 aromatic rings. The van der Waals surface area contributed by atoms with Crippen LogP contribution >= 0.6 is 11.8 Å². The zero-order chi connectivity index (χ0) is 14.4. The summed E-state index contributed by atoms with van der Waals surface area (Å²) in [7, 11) is 0. The van der Waals surface area contributed by atoms with Gasteiger partial charge in [0.05, 0.1) is 0 Å². The van der Waals surface area contributed by atoms with Crippen LogP contribution in [0.2, 0.25) is 0 Å². The summed E-state index contributed by atoms with van der Waals surface area (Å²) >= 11 is 2.08. The largest absolute Gasteiger partial charge is 0.308 e. The van der Waals surface area contributed by atoms with Crippen LogP contribution in [0.1, 0.15) is 60.3 Å². The van der Waals surface area contributed by atoms with E-state index in [1.54, 1.807) is 0 Å². The number of hydrogen-bond acceptors (Lipinski definition) is 3. The SMILES string of the molecule is CCSCCCN1CC(C)(CC)NCC1(CC)CC. The van der Waals surface area contributed by atoms with Crippen LogP contribution in [0, 0.1) is 0 Å². The van der Waals surface area contributed by atoms with E-state index in [1.165, 1.54) is 50.3 Å². The van der Waals surface area contributed by atoms with Gasteiger partial charge in [0.2, 0.25) is 0 Å². The fraction of sp³-hybridized carbons (Fsp3) is 1.00. The molecule has 1 rings (SSSR count). The summed E-state index contributed by atoms with van der Waals surface area (Å²) < 4.78 is 0. The molecular weight excluding hydrogens is 252 g/mol. The average Bonchev–Trinajstić information content (AvgIpc) is 2.44. The van der Waals surface area contributed by atoms with Gasteiger partial charge in [-0.15, -0.1) is 0 Å². The van der Waals surface area contributed by atoms with Crippen LogP contribution in [0.5, 0.6) is 0 Å². The normalized spacial score (nSPS) is 27.6. The predicted molar refractivity (Wildman–Crippen MR) is 89.2 cm³/mol. The smallest absolute Gasteiger partial charge is 0.0329 e. The van der Waals surface area contributed by atoms with Gasteiger partial charge in [0.1, 0.15) is 0 Å². The minimum Gasteiger partial charge on any atom is -0.308 e. The molecule has 0 aliphatic carbocycles. The van der Waals surface area contributed by atoms with E-state index < -0.39 is 0 Å². The summed E-state index contributed by atoms with van der Waals surface area (Å²) in [6.07, 6.45) is 5.07. The van der Waals surface area contributed by atoms with Crippen molar-refractivity contribution in [1.29, 1.82) is 0 Å². The highest BCUT2D eigenvalue weighted by Crippen LogP contribution is 2.31. The Hall–Kier alpha value is 0.270. The third-order valence-electron chi connectivity index (χ3n) is 5.07. The molecule has 1 unspecified atom stereocenters. The molecule has 3 heteroatoms. The third kappa shape index (κ3) is 4.37. The van der Waals surface area contributed by atoms with Crippen molar-refractivity contribution < 1.29 is 0 Å². The minimum absolute atomic E-state index is 0.311. The van der Waals surface area contributed by atoms with Crippen molar-refractivity contribution in [1.82, 2.24) is 10.2 Å². The number of rotatable bonds is 8. The molecule has 1 aliphatic heterocycles. The standard InChI is InChI=1S/C16H34N2S/c1-6-15(5)14-18(11-10-12-19-9-4)16(7-2,8-3)13-17-15/h17H,6-14H2,1-5H3. The van der Waals surface area contributed by atoms with Gasteiger partial charge in [-0.2, -0.15) is 11.8 Å². The summed E-state index contributed by atoms with van der Waals surface area (Å²) in [6.45, 7) is 15.3. The van der Waals surface area contributed by atoms with E-state index in [0.29, 0.717) is 11.1 Å². The molecule has 2 nitrogen and oxygen atoms in total. The highest BCUT2D eigenvalue weighted by molar-refractivity contribution is 7.99. The van der Waals surface area contributed by atoms with E-state index in [2.05, 4.69) is 56.6 Å². The van der Waals surface area contributed by atoms with Gasteiger partial charge >= 0.3 is 0 Å². The third-order valence-corrected chi connectivity index (χ3v) is 6.06. The van der Waals surface area contributed by atoms with Crippen molar-refractivity contribution in [3.63, 3.8) is 0 Å². The Morgan fingerprint density at radius 2 is 1.79 bits per heavy atom. The molecule has 0 aromatic carbocycles. The molecule has 1 N–H and O–H groups in total. The molecule has 19 heavy (non-hydrogen) atoms. The predicted octanol–water partition coefficient (Wildman–Crippen LogP) is 3.76. The highest BCUT2D eigenvalue weighted by atomic mass is 32.2. The van der Waals surface area contributed by atoms with Gasteiger partial charge in [-0.1, -0.05) is 27.7 Å². The quantitative estimate of drug-likeness (QED) is 0.684. The van der Waals surface area contributed by atoms with Crippen LogP contribution in [-0.4, -0.2) is 47.1 Å². The second-order valence-corrected chi connectivity index (χ2v) is 7.57. The van der Waals surface area contributed by atoms with Crippen molar-refractivity contribution in [2.24, 2.45) is 0 Å². The summed E-state index contributed by atoms with van der Waals surface area (Å²) in [6, 6.07) is 0. The number of hydrogen-bond donors (Lipinski definition) is 1. The van der Waals surface area contributed by atoms with Gasteiger partial charge in [-0.3, -0.25) is 4.90 Å². The van der Waals surface area contributed by atoms with Crippen molar-refractivity contribution in [2.75, 3.05) is 31.1 Å². The summed E-state index contributed by atoms with van der Waals surface area (Å²) in [4.78, 5) is 2.79. The van der Waals surface area contributed by atoms with E-state index in [4.69, 9.17) is 0 Å². The zero-order valence-corrected chi connectivity index (χ0v) is 14.5. The lowest BCUT2D eigenvalue weighted by Crippen LogP contribution is -2.68. The minimum atomic E-state index is 0.311. The maximum Gasteiger partial charge on any atom is 0.0329 e. The Morgan fingerprint density at radius 3 is 2.32 bits per heavy atom. The van der Waals surface area contributed by atoms with Crippen LogP contribution in [0.25, 0.3) is 0 Å². The second kappa shape index (κ2) is 7.90. The van der Waals surface area contributed by atoms with Gasteiger partial charge in [0, 0.05) is 24.2 Å². The van der Waals surface area contributed by atoms with Crippen LogP contribution in [0.4, 0.5) is 0 Å². The summed E-state index contributed by atoms with van der Waals surface area (Å²) in [5.74, 6) is 2.56. The van der Waals surface area contributed by atoms with Crippen LogP contribution in [0.3, 0.4) is 0 Å². The molecule has 0 bridgehead atoms. The summed E-state index contributed by atoms with van der Waals surface area (Å²) in [5.41, 5.74) is 0.706. The number of piperazine rings is 1. The van der Waals surface area contributed by atoms with E-state index in [0.717, 1.165) is 6.54 Å². The maximum atomic E-state index is 3.82. The molecule has 1 fully saturated rings. The van der Waals surface area contributed by atoms with E-state index in [-0.39, 0.29) is 0 Å². The number of nitrogens with one attached hydrogen (secondary N) is 1. The fourth-order valence-electron chi connectivity index (χ4n) is 3.14. The lowest BCUT2D eigenvalue weighted by atomic mass is 9.82. The Bertz CT molecular complexity index is 253.